The number of likely N-dealkylation sites (N-methyl/N-ethyl adjacent to an activating group) is 2. The number of phenols is 1. The average molecular weight is 448 g/mol. The number of rotatable bonds is 5. The molecular weight excluding hydrogens is 410 g/mol. The number of benzene rings is 1. The molecule has 7 heteroatoms. The van der Waals surface area contributed by atoms with Crippen LogP contribution in [0.4, 0.5) is 0 Å². The van der Waals surface area contributed by atoms with Crippen molar-refractivity contribution >= 4 is 10.0 Å². The Kier molecular flexibility index (Phi) is 5.40. The molecular formula is C24H37N3O3S. The molecule has 6 nitrogen and oxygen atoms in total. The SMILES string of the molecule is CN(CC1CCN(S(=O)(=O)C2CC2)CC1)C1c2ccc(O)cc2C2CCN(C)C1(C)C2. The van der Waals surface area contributed by atoms with Crippen LogP contribution in [0, 0.1) is 5.92 Å². The lowest BCUT2D eigenvalue weighted by Gasteiger charge is -2.57. The number of nitrogens with zero attached hydrogens (tertiary/aromatic N) is 3. The first-order valence-electron chi connectivity index (χ1n) is 11.9. The predicted octanol–water partition coefficient (Wildman–Crippen LogP) is 3.15. The smallest absolute Gasteiger partial charge is 0.216 e. The van der Waals surface area contributed by atoms with E-state index in [9.17, 15) is 13.5 Å². The molecule has 2 heterocycles. The zero-order valence-electron chi connectivity index (χ0n) is 19.1. The van der Waals surface area contributed by atoms with Crippen LogP contribution in [0.1, 0.15) is 68.5 Å². The van der Waals surface area contributed by atoms with Crippen molar-refractivity contribution in [2.75, 3.05) is 40.3 Å². The van der Waals surface area contributed by atoms with E-state index >= 15 is 0 Å². The highest BCUT2D eigenvalue weighted by atomic mass is 32.2. The fraction of sp³-hybridized carbons (Fsp3) is 0.750. The summed E-state index contributed by atoms with van der Waals surface area (Å²) in [5, 5.41) is 10.0. The fourth-order valence-corrected chi connectivity index (χ4v) is 8.47. The Morgan fingerprint density at radius 3 is 2.48 bits per heavy atom. The third kappa shape index (κ3) is 3.71. The van der Waals surface area contributed by atoms with E-state index in [-0.39, 0.29) is 16.8 Å². The van der Waals surface area contributed by atoms with E-state index in [2.05, 4.69) is 36.9 Å². The third-order valence-electron chi connectivity index (χ3n) is 8.60. The molecule has 1 N–H and O–H groups in total. The molecule has 31 heavy (non-hydrogen) atoms. The summed E-state index contributed by atoms with van der Waals surface area (Å²) in [4.78, 5) is 5.05. The monoisotopic (exact) mass is 447 g/mol. The number of piperidine rings is 2. The van der Waals surface area contributed by atoms with Crippen LogP contribution >= 0.6 is 0 Å². The minimum atomic E-state index is -3.04. The lowest BCUT2D eigenvalue weighted by atomic mass is 9.65. The number of likely N-dealkylation sites (tertiary alicyclic amines) is 1. The van der Waals surface area contributed by atoms with E-state index in [0.29, 0.717) is 30.7 Å². The molecule has 1 saturated carbocycles. The highest BCUT2D eigenvalue weighted by molar-refractivity contribution is 7.90. The molecule has 172 valence electrons. The Balaban J connectivity index is 1.34. The van der Waals surface area contributed by atoms with Crippen molar-refractivity contribution in [2.24, 2.45) is 5.92 Å². The maximum atomic E-state index is 12.6. The van der Waals surface area contributed by atoms with Gasteiger partial charge in [-0.15, -0.1) is 0 Å². The van der Waals surface area contributed by atoms with Crippen LogP contribution in [0.25, 0.3) is 0 Å². The van der Waals surface area contributed by atoms with Crippen LogP contribution in [0.5, 0.6) is 5.75 Å². The van der Waals surface area contributed by atoms with Gasteiger partial charge in [-0.2, -0.15) is 0 Å². The third-order valence-corrected chi connectivity index (χ3v) is 11.0. The summed E-state index contributed by atoms with van der Waals surface area (Å²) in [7, 11) is 1.45. The zero-order chi connectivity index (χ0) is 22.0. The fourth-order valence-electron chi connectivity index (χ4n) is 6.60. The summed E-state index contributed by atoms with van der Waals surface area (Å²) in [6.45, 7) is 5.81. The average Bonchev–Trinajstić information content (AvgIpc) is 3.58. The molecule has 3 fully saturated rings. The number of aromatic hydroxyl groups is 1. The Labute approximate surface area is 187 Å². The minimum absolute atomic E-state index is 0.0671. The molecule has 0 spiro atoms. The van der Waals surface area contributed by atoms with Crippen molar-refractivity contribution in [2.45, 2.75) is 68.2 Å². The lowest BCUT2D eigenvalue weighted by Crippen LogP contribution is -2.59. The molecule has 1 aromatic rings. The highest BCUT2D eigenvalue weighted by Crippen LogP contribution is 2.53. The standard InChI is InChI=1S/C24H37N3O3S/c1-24-15-18(10-11-26(24)3)22-14-19(28)4-7-21(22)23(24)25(2)16-17-8-12-27(13-9-17)31(29,30)20-5-6-20/h4,7,14,17-18,20,23,28H,5-6,8-13,15-16H2,1-3H3. The first-order valence-corrected chi connectivity index (χ1v) is 13.4. The summed E-state index contributed by atoms with van der Waals surface area (Å²) in [6.07, 6.45) is 5.84. The normalized spacial score (nSPS) is 32.9. The molecule has 2 aliphatic heterocycles. The number of fused-ring (bicyclic) bond motifs is 4. The van der Waals surface area contributed by atoms with Crippen molar-refractivity contribution in [1.82, 2.24) is 14.1 Å². The van der Waals surface area contributed by atoms with E-state index in [1.165, 1.54) is 11.1 Å². The molecule has 2 aliphatic carbocycles. The predicted molar refractivity (Wildman–Crippen MR) is 123 cm³/mol. The van der Waals surface area contributed by atoms with Crippen molar-refractivity contribution in [1.29, 1.82) is 0 Å². The molecule has 2 bridgehead atoms. The van der Waals surface area contributed by atoms with Gasteiger partial charge in [-0.1, -0.05) is 6.07 Å². The molecule has 5 rings (SSSR count). The maximum Gasteiger partial charge on any atom is 0.216 e. The Morgan fingerprint density at radius 1 is 1.10 bits per heavy atom. The number of hydrogen-bond acceptors (Lipinski definition) is 5. The van der Waals surface area contributed by atoms with Gasteiger partial charge in [0, 0.05) is 25.2 Å². The largest absolute Gasteiger partial charge is 0.508 e. The molecule has 0 aromatic heterocycles. The molecule has 1 aromatic carbocycles. The van der Waals surface area contributed by atoms with Gasteiger partial charge in [0.25, 0.3) is 0 Å². The van der Waals surface area contributed by atoms with Gasteiger partial charge in [0.2, 0.25) is 10.0 Å². The van der Waals surface area contributed by atoms with Crippen molar-refractivity contribution in [3.63, 3.8) is 0 Å². The first-order chi connectivity index (χ1) is 14.7. The molecule has 3 atom stereocenters. The van der Waals surface area contributed by atoms with Crippen LogP contribution in [-0.4, -0.2) is 78.7 Å². The van der Waals surface area contributed by atoms with Gasteiger partial charge in [0.1, 0.15) is 5.75 Å². The first kappa shape index (κ1) is 21.7. The van der Waals surface area contributed by atoms with Crippen LogP contribution < -0.4 is 0 Å². The molecule has 2 saturated heterocycles. The lowest BCUT2D eigenvalue weighted by molar-refractivity contribution is -0.0211. The van der Waals surface area contributed by atoms with E-state index < -0.39 is 10.0 Å². The highest BCUT2D eigenvalue weighted by Gasteiger charge is 2.50. The second-order valence-corrected chi connectivity index (χ2v) is 12.9. The van der Waals surface area contributed by atoms with Crippen molar-refractivity contribution < 1.29 is 13.5 Å². The Bertz CT molecular complexity index is 939. The van der Waals surface area contributed by atoms with Gasteiger partial charge < -0.3 is 5.11 Å². The van der Waals surface area contributed by atoms with Gasteiger partial charge in [0.05, 0.1) is 11.3 Å². The summed E-state index contributed by atoms with van der Waals surface area (Å²) < 4.78 is 26.9. The van der Waals surface area contributed by atoms with E-state index in [4.69, 9.17) is 0 Å². The molecule has 0 radical (unpaired) electrons. The van der Waals surface area contributed by atoms with Gasteiger partial charge >= 0.3 is 0 Å². The van der Waals surface area contributed by atoms with Crippen molar-refractivity contribution in [3.05, 3.63) is 29.3 Å². The summed E-state index contributed by atoms with van der Waals surface area (Å²) in [5.74, 6) is 1.40. The maximum absolute atomic E-state index is 12.6. The summed E-state index contributed by atoms with van der Waals surface area (Å²) >= 11 is 0. The number of phenolic OH excluding ortho intramolecular Hbond substituents is 1. The van der Waals surface area contributed by atoms with Crippen LogP contribution in [0.2, 0.25) is 0 Å². The topological polar surface area (TPSA) is 64.1 Å². The van der Waals surface area contributed by atoms with Gasteiger partial charge in [-0.05, 0) is 101 Å². The Hall–Kier alpha value is -1.15. The second-order valence-electron chi connectivity index (χ2n) is 10.7. The minimum Gasteiger partial charge on any atom is -0.508 e. The number of hydrogen-bond donors (Lipinski definition) is 1. The quantitative estimate of drug-likeness (QED) is 0.751. The van der Waals surface area contributed by atoms with E-state index in [1.54, 1.807) is 4.31 Å². The van der Waals surface area contributed by atoms with E-state index in [0.717, 1.165) is 51.6 Å². The number of sulfonamides is 1. The van der Waals surface area contributed by atoms with Crippen molar-refractivity contribution in [3.8, 4) is 5.75 Å². The molecule has 4 aliphatic rings. The van der Waals surface area contributed by atoms with Crippen LogP contribution in [0.3, 0.4) is 0 Å². The van der Waals surface area contributed by atoms with Gasteiger partial charge in [-0.25, -0.2) is 12.7 Å². The second kappa shape index (κ2) is 7.72. The van der Waals surface area contributed by atoms with Crippen LogP contribution in [0.15, 0.2) is 18.2 Å². The summed E-state index contributed by atoms with van der Waals surface area (Å²) in [5.41, 5.74) is 2.75. The van der Waals surface area contributed by atoms with Gasteiger partial charge in [-0.3, -0.25) is 9.80 Å². The zero-order valence-corrected chi connectivity index (χ0v) is 19.9. The van der Waals surface area contributed by atoms with Crippen LogP contribution in [-0.2, 0) is 10.0 Å². The summed E-state index contributed by atoms with van der Waals surface area (Å²) in [6, 6.07) is 6.25. The Morgan fingerprint density at radius 2 is 1.81 bits per heavy atom. The molecule has 3 unspecified atom stereocenters. The van der Waals surface area contributed by atoms with Gasteiger partial charge in [0.15, 0.2) is 0 Å². The van der Waals surface area contributed by atoms with E-state index in [1.807, 2.05) is 12.1 Å². The molecule has 0 amide bonds.